The van der Waals surface area contributed by atoms with Crippen molar-refractivity contribution in [2.75, 3.05) is 12.3 Å². The maximum absolute atomic E-state index is 12.5. The van der Waals surface area contributed by atoms with E-state index in [1.807, 2.05) is 35.8 Å². The van der Waals surface area contributed by atoms with Gasteiger partial charge < -0.3 is 5.32 Å². The standard InChI is InChI=1S/C21H21N5O4S/c1-14-3-7-17(8-4-14)25-20(11-12-22-15(2)27)23-24-21(25)31-13-19(28)16-5-9-18(10-6-16)26(29)30/h3-10H,11-13H2,1-2H3,(H,22,27). The number of aryl methyl sites for hydroxylation is 1. The molecule has 1 N–H and O–H groups in total. The molecule has 0 radical (unpaired) electrons. The van der Waals surface area contributed by atoms with Crippen LogP contribution in [0.4, 0.5) is 5.69 Å². The Hall–Kier alpha value is -3.53. The lowest BCUT2D eigenvalue weighted by atomic mass is 10.1. The Labute approximate surface area is 183 Å². The molecule has 0 aliphatic carbocycles. The van der Waals surface area contributed by atoms with Crippen molar-refractivity contribution >= 4 is 29.1 Å². The fourth-order valence-electron chi connectivity index (χ4n) is 2.84. The van der Waals surface area contributed by atoms with Crippen LogP contribution in [-0.2, 0) is 11.2 Å². The zero-order chi connectivity index (χ0) is 22.4. The molecule has 0 saturated carbocycles. The highest BCUT2D eigenvalue weighted by Gasteiger charge is 2.17. The Morgan fingerprint density at radius 1 is 1.10 bits per heavy atom. The van der Waals surface area contributed by atoms with Crippen LogP contribution in [-0.4, -0.2) is 43.7 Å². The van der Waals surface area contributed by atoms with Crippen molar-refractivity contribution in [3.63, 3.8) is 0 Å². The van der Waals surface area contributed by atoms with Crippen molar-refractivity contribution < 1.29 is 14.5 Å². The minimum absolute atomic E-state index is 0.0628. The molecule has 0 atom stereocenters. The second kappa shape index (κ2) is 9.98. The molecule has 160 valence electrons. The second-order valence-electron chi connectivity index (χ2n) is 6.82. The number of nitrogens with zero attached hydrogens (tertiary/aromatic N) is 4. The van der Waals surface area contributed by atoms with E-state index in [1.165, 1.54) is 43.0 Å². The molecule has 3 rings (SSSR count). The predicted molar refractivity (Wildman–Crippen MR) is 117 cm³/mol. The Morgan fingerprint density at radius 3 is 2.39 bits per heavy atom. The summed E-state index contributed by atoms with van der Waals surface area (Å²) in [5.41, 5.74) is 2.30. The van der Waals surface area contributed by atoms with Crippen LogP contribution >= 0.6 is 11.8 Å². The first-order chi connectivity index (χ1) is 14.8. The van der Waals surface area contributed by atoms with Crippen molar-refractivity contribution in [3.05, 3.63) is 75.6 Å². The summed E-state index contributed by atoms with van der Waals surface area (Å²) in [6, 6.07) is 13.4. The number of rotatable bonds is 9. The van der Waals surface area contributed by atoms with Gasteiger partial charge in [-0.25, -0.2) is 0 Å². The highest BCUT2D eigenvalue weighted by atomic mass is 32.2. The van der Waals surface area contributed by atoms with E-state index in [0.717, 1.165) is 11.3 Å². The van der Waals surface area contributed by atoms with Gasteiger partial charge in [0.25, 0.3) is 5.69 Å². The summed E-state index contributed by atoms with van der Waals surface area (Å²) in [4.78, 5) is 34.0. The Morgan fingerprint density at radius 2 is 1.77 bits per heavy atom. The van der Waals surface area contributed by atoms with Crippen molar-refractivity contribution in [1.82, 2.24) is 20.1 Å². The number of carbonyl (C=O) groups is 2. The number of Topliss-reactive ketones (excluding diaryl/α,β-unsaturated/α-hetero) is 1. The van der Waals surface area contributed by atoms with E-state index in [4.69, 9.17) is 0 Å². The van der Waals surface area contributed by atoms with Crippen LogP contribution in [0.2, 0.25) is 0 Å². The van der Waals surface area contributed by atoms with E-state index in [2.05, 4.69) is 15.5 Å². The number of hydrogen-bond donors (Lipinski definition) is 1. The molecule has 3 aromatic rings. The number of thioether (sulfide) groups is 1. The molecule has 0 saturated heterocycles. The van der Waals surface area contributed by atoms with E-state index in [0.29, 0.717) is 29.5 Å². The third-order valence-corrected chi connectivity index (χ3v) is 5.38. The van der Waals surface area contributed by atoms with Crippen LogP contribution in [0.25, 0.3) is 5.69 Å². The molecule has 2 aromatic carbocycles. The topological polar surface area (TPSA) is 120 Å². The van der Waals surface area contributed by atoms with Crippen LogP contribution in [0.3, 0.4) is 0 Å². The Bertz CT molecular complexity index is 1090. The summed E-state index contributed by atoms with van der Waals surface area (Å²) in [5, 5.41) is 22.6. The van der Waals surface area contributed by atoms with Crippen molar-refractivity contribution in [3.8, 4) is 5.69 Å². The summed E-state index contributed by atoms with van der Waals surface area (Å²) in [6.45, 7) is 3.87. The lowest BCUT2D eigenvalue weighted by molar-refractivity contribution is -0.384. The molecular weight excluding hydrogens is 418 g/mol. The van der Waals surface area contributed by atoms with E-state index < -0.39 is 4.92 Å². The number of nitro benzene ring substituents is 1. The number of carbonyl (C=O) groups excluding carboxylic acids is 2. The lowest BCUT2D eigenvalue weighted by Crippen LogP contribution is -2.23. The largest absolute Gasteiger partial charge is 0.356 e. The van der Waals surface area contributed by atoms with Crippen molar-refractivity contribution in [2.24, 2.45) is 0 Å². The Balaban J connectivity index is 1.78. The minimum atomic E-state index is -0.504. The molecule has 0 fully saturated rings. The number of ketones is 1. The maximum Gasteiger partial charge on any atom is 0.269 e. The van der Waals surface area contributed by atoms with Crippen molar-refractivity contribution in [1.29, 1.82) is 0 Å². The molecule has 0 unspecified atom stereocenters. The third-order valence-electron chi connectivity index (χ3n) is 4.45. The molecule has 0 spiro atoms. The van der Waals surface area contributed by atoms with Crippen LogP contribution < -0.4 is 5.32 Å². The lowest BCUT2D eigenvalue weighted by Gasteiger charge is -2.11. The summed E-state index contributed by atoms with van der Waals surface area (Å²) in [6.07, 6.45) is 0.483. The van der Waals surface area contributed by atoms with Gasteiger partial charge in [0.1, 0.15) is 5.82 Å². The van der Waals surface area contributed by atoms with E-state index in [9.17, 15) is 19.7 Å². The normalized spacial score (nSPS) is 10.6. The number of aromatic nitrogens is 3. The van der Waals surface area contributed by atoms with Gasteiger partial charge in [-0.1, -0.05) is 29.5 Å². The van der Waals surface area contributed by atoms with Crippen LogP contribution in [0.5, 0.6) is 0 Å². The average Bonchev–Trinajstić information content (AvgIpc) is 3.15. The molecule has 31 heavy (non-hydrogen) atoms. The summed E-state index contributed by atoms with van der Waals surface area (Å²) >= 11 is 1.24. The van der Waals surface area contributed by atoms with Gasteiger partial charge in [0, 0.05) is 43.3 Å². The minimum Gasteiger partial charge on any atom is -0.356 e. The number of nitro groups is 1. The molecule has 0 aliphatic heterocycles. The number of hydrogen-bond acceptors (Lipinski definition) is 7. The van der Waals surface area contributed by atoms with Gasteiger partial charge in [-0.05, 0) is 31.2 Å². The zero-order valence-corrected chi connectivity index (χ0v) is 17.9. The first-order valence-corrected chi connectivity index (χ1v) is 10.5. The molecular formula is C21H21N5O4S. The average molecular weight is 439 g/mol. The fraction of sp³-hybridized carbons (Fsp3) is 0.238. The number of non-ortho nitro benzene ring substituents is 1. The van der Waals surface area contributed by atoms with Crippen molar-refractivity contribution in [2.45, 2.75) is 25.4 Å². The molecule has 0 aliphatic rings. The smallest absolute Gasteiger partial charge is 0.269 e. The van der Waals surface area contributed by atoms with Crippen LogP contribution in [0.1, 0.15) is 28.7 Å². The first-order valence-electron chi connectivity index (χ1n) is 9.51. The summed E-state index contributed by atoms with van der Waals surface area (Å²) in [7, 11) is 0. The quantitative estimate of drug-likeness (QED) is 0.235. The zero-order valence-electron chi connectivity index (χ0n) is 17.1. The number of benzene rings is 2. The molecule has 1 aromatic heterocycles. The summed E-state index contributed by atoms with van der Waals surface area (Å²) < 4.78 is 1.87. The van der Waals surface area contributed by atoms with Crippen LogP contribution in [0, 0.1) is 17.0 Å². The van der Waals surface area contributed by atoms with E-state index in [1.54, 1.807) is 0 Å². The molecule has 1 heterocycles. The van der Waals surface area contributed by atoms with E-state index >= 15 is 0 Å². The summed E-state index contributed by atoms with van der Waals surface area (Å²) in [5.74, 6) is 0.485. The monoisotopic (exact) mass is 439 g/mol. The highest BCUT2D eigenvalue weighted by Crippen LogP contribution is 2.24. The van der Waals surface area contributed by atoms with Gasteiger partial charge in [0.05, 0.1) is 10.7 Å². The maximum atomic E-state index is 12.5. The number of amides is 1. The molecule has 10 heteroatoms. The van der Waals surface area contributed by atoms with E-state index in [-0.39, 0.29) is 23.1 Å². The van der Waals surface area contributed by atoms with Gasteiger partial charge in [-0.15, -0.1) is 10.2 Å². The second-order valence-corrected chi connectivity index (χ2v) is 7.76. The van der Waals surface area contributed by atoms with Gasteiger partial charge in [0.2, 0.25) is 5.91 Å². The molecule has 9 nitrogen and oxygen atoms in total. The highest BCUT2D eigenvalue weighted by molar-refractivity contribution is 7.99. The van der Waals surface area contributed by atoms with Crippen LogP contribution in [0.15, 0.2) is 53.7 Å². The van der Waals surface area contributed by atoms with Gasteiger partial charge >= 0.3 is 0 Å². The SMILES string of the molecule is CC(=O)NCCc1nnc(SCC(=O)c2ccc([N+](=O)[O-])cc2)n1-c1ccc(C)cc1. The number of nitrogens with one attached hydrogen (secondary N) is 1. The molecule has 0 bridgehead atoms. The first kappa shape index (κ1) is 22.2. The molecule has 1 amide bonds. The van der Waals surface area contributed by atoms with Gasteiger partial charge in [-0.2, -0.15) is 0 Å². The van der Waals surface area contributed by atoms with Gasteiger partial charge in [0.15, 0.2) is 10.9 Å². The van der Waals surface area contributed by atoms with Gasteiger partial charge in [-0.3, -0.25) is 24.3 Å². The fourth-order valence-corrected chi connectivity index (χ4v) is 3.71. The predicted octanol–water partition coefficient (Wildman–Crippen LogP) is 3.14. The Kier molecular flexibility index (Phi) is 7.14. The third kappa shape index (κ3) is 5.76.